The van der Waals surface area contributed by atoms with Crippen molar-refractivity contribution in [1.82, 2.24) is 19.7 Å². The van der Waals surface area contributed by atoms with E-state index in [1.54, 1.807) is 0 Å². The third-order valence-electron chi connectivity index (χ3n) is 1.80. The molecule has 10 heteroatoms. The highest BCUT2D eigenvalue weighted by atomic mass is 32.1. The van der Waals surface area contributed by atoms with Gasteiger partial charge in [0.2, 0.25) is 5.91 Å². The second kappa shape index (κ2) is 5.04. The molecule has 2 rings (SSSR count). The Labute approximate surface area is 100 Å². The molecule has 0 saturated heterocycles. The molecule has 0 unspecified atom stereocenters. The summed E-state index contributed by atoms with van der Waals surface area (Å²) in [5.41, 5.74) is 0. The van der Waals surface area contributed by atoms with Crippen LogP contribution >= 0.6 is 11.3 Å². The minimum absolute atomic E-state index is 0.0244. The molecule has 0 aliphatic carbocycles. The topological polar surface area (TPSA) is 113 Å². The number of carbonyl (C=O) groups excluding carboxylic acids is 1. The normalized spacial score (nSPS) is 10.2. The molecule has 3 N–H and O–H groups in total. The Balaban J connectivity index is 1.93. The lowest BCUT2D eigenvalue weighted by molar-refractivity contribution is -0.116. The molecule has 0 bridgehead atoms. The summed E-state index contributed by atoms with van der Waals surface area (Å²) in [6, 6.07) is 0. The van der Waals surface area contributed by atoms with Crippen LogP contribution in [-0.4, -0.2) is 42.8 Å². The number of thiazole rings is 1. The summed E-state index contributed by atoms with van der Waals surface area (Å²) in [6.07, 6.45) is 4.04. The minimum Gasteiger partial charge on any atom is -0.423 e. The lowest BCUT2D eigenvalue weighted by Gasteiger charge is -2.00. The number of hydrogen-bond donors (Lipinski definition) is 3. The predicted molar refractivity (Wildman–Crippen MR) is 60.6 cm³/mol. The minimum atomic E-state index is -1.58. The van der Waals surface area contributed by atoms with Gasteiger partial charge in [-0.15, -0.1) is 11.3 Å². The van der Waals surface area contributed by atoms with Gasteiger partial charge in [-0.1, -0.05) is 0 Å². The molecule has 8 nitrogen and oxygen atoms in total. The zero-order chi connectivity index (χ0) is 12.3. The van der Waals surface area contributed by atoms with E-state index < -0.39 is 7.12 Å². The third-order valence-corrected chi connectivity index (χ3v) is 2.75. The Morgan fingerprint density at radius 1 is 1.59 bits per heavy atom. The standard InChI is InChI=1S/C7H8BN5O3S/c14-6(2-13-4-9-3-11-13)12-7-10-1-5(17-7)8(15)16/h1,3-4,15-16H,2H2,(H,10,12,14). The second-order valence-electron chi connectivity index (χ2n) is 3.08. The van der Waals surface area contributed by atoms with Crippen LogP contribution in [0.2, 0.25) is 0 Å². The van der Waals surface area contributed by atoms with Crippen molar-refractivity contribution in [1.29, 1.82) is 0 Å². The first-order chi connectivity index (χ1) is 8.15. The van der Waals surface area contributed by atoms with Gasteiger partial charge in [-0.05, 0) is 0 Å². The summed E-state index contributed by atoms with van der Waals surface area (Å²) in [4.78, 5) is 19.0. The summed E-state index contributed by atoms with van der Waals surface area (Å²) in [7, 11) is -1.58. The van der Waals surface area contributed by atoms with Crippen LogP contribution < -0.4 is 10.1 Å². The summed E-state index contributed by atoms with van der Waals surface area (Å²) in [5.74, 6) is -0.316. The van der Waals surface area contributed by atoms with E-state index in [1.807, 2.05) is 0 Å². The number of rotatable bonds is 4. The van der Waals surface area contributed by atoms with Crippen LogP contribution in [0.5, 0.6) is 0 Å². The van der Waals surface area contributed by atoms with Crippen molar-refractivity contribution < 1.29 is 14.8 Å². The maximum atomic E-state index is 11.5. The molecule has 2 aromatic heterocycles. The second-order valence-corrected chi connectivity index (χ2v) is 4.14. The summed E-state index contributed by atoms with van der Waals surface area (Å²) >= 11 is 0.994. The van der Waals surface area contributed by atoms with Gasteiger partial charge >= 0.3 is 7.12 Å². The van der Waals surface area contributed by atoms with Crippen molar-refractivity contribution in [3.63, 3.8) is 0 Å². The number of amides is 1. The molecule has 88 valence electrons. The van der Waals surface area contributed by atoms with E-state index in [2.05, 4.69) is 20.4 Å². The SMILES string of the molecule is O=C(Cn1cncn1)Nc1ncc(B(O)O)s1. The van der Waals surface area contributed by atoms with Crippen LogP contribution in [0.3, 0.4) is 0 Å². The molecule has 2 aromatic rings. The summed E-state index contributed by atoms with van der Waals surface area (Å²) in [6.45, 7) is 0.0244. The number of anilines is 1. The molecule has 0 radical (unpaired) electrons. The largest absolute Gasteiger partial charge is 0.500 e. The number of nitrogens with zero attached hydrogens (tertiary/aromatic N) is 4. The van der Waals surface area contributed by atoms with Crippen LogP contribution in [-0.2, 0) is 11.3 Å². The molecular formula is C7H8BN5O3S. The fourth-order valence-corrected chi connectivity index (χ4v) is 1.79. The molecule has 2 heterocycles. The number of nitrogens with one attached hydrogen (secondary N) is 1. The van der Waals surface area contributed by atoms with Crippen molar-refractivity contribution in [2.75, 3.05) is 5.32 Å². The zero-order valence-corrected chi connectivity index (χ0v) is 9.33. The Hall–Kier alpha value is -1.78. The number of carbonyl (C=O) groups is 1. The Bertz CT molecular complexity index is 499. The molecule has 0 atom stereocenters. The molecule has 0 aliphatic rings. The highest BCUT2D eigenvalue weighted by molar-refractivity contribution is 7.25. The summed E-state index contributed by atoms with van der Waals surface area (Å²) < 4.78 is 1.63. The van der Waals surface area contributed by atoms with Gasteiger partial charge in [0, 0.05) is 6.20 Å². The first-order valence-corrected chi connectivity index (χ1v) is 5.41. The Morgan fingerprint density at radius 2 is 2.41 bits per heavy atom. The lowest BCUT2D eigenvalue weighted by Crippen LogP contribution is -2.26. The van der Waals surface area contributed by atoms with Crippen molar-refractivity contribution in [3.8, 4) is 0 Å². The molecule has 1 amide bonds. The van der Waals surface area contributed by atoms with Gasteiger partial charge in [-0.25, -0.2) is 14.6 Å². The molecule has 0 spiro atoms. The first kappa shape index (κ1) is 11.7. The highest BCUT2D eigenvalue weighted by Crippen LogP contribution is 2.09. The number of aromatic nitrogens is 4. The van der Waals surface area contributed by atoms with Crippen molar-refractivity contribution in [3.05, 3.63) is 18.9 Å². The van der Waals surface area contributed by atoms with Gasteiger partial charge in [-0.2, -0.15) is 5.10 Å². The fraction of sp³-hybridized carbons (Fsp3) is 0.143. The van der Waals surface area contributed by atoms with Crippen LogP contribution in [0.15, 0.2) is 18.9 Å². The van der Waals surface area contributed by atoms with Gasteiger partial charge in [-0.3, -0.25) is 4.79 Å². The summed E-state index contributed by atoms with van der Waals surface area (Å²) in [5, 5.41) is 24.3. The molecule has 0 aromatic carbocycles. The van der Waals surface area contributed by atoms with Crippen LogP contribution in [0.25, 0.3) is 0 Å². The van der Waals surface area contributed by atoms with E-state index in [4.69, 9.17) is 10.0 Å². The average Bonchev–Trinajstić information content (AvgIpc) is 2.88. The van der Waals surface area contributed by atoms with E-state index in [9.17, 15) is 4.79 Å². The first-order valence-electron chi connectivity index (χ1n) is 4.59. The smallest absolute Gasteiger partial charge is 0.423 e. The van der Waals surface area contributed by atoms with E-state index in [0.717, 1.165) is 11.3 Å². The van der Waals surface area contributed by atoms with E-state index in [-0.39, 0.29) is 17.2 Å². The van der Waals surface area contributed by atoms with Gasteiger partial charge in [0.25, 0.3) is 0 Å². The third kappa shape index (κ3) is 3.09. The Kier molecular flexibility index (Phi) is 3.47. The lowest BCUT2D eigenvalue weighted by atomic mass is 9.91. The van der Waals surface area contributed by atoms with Crippen molar-refractivity contribution >= 4 is 34.3 Å². The van der Waals surface area contributed by atoms with Crippen molar-refractivity contribution in [2.45, 2.75) is 6.54 Å². The quantitative estimate of drug-likeness (QED) is 0.546. The van der Waals surface area contributed by atoms with Crippen LogP contribution in [0.4, 0.5) is 5.13 Å². The fourth-order valence-electron chi connectivity index (χ4n) is 1.08. The molecule has 0 saturated carbocycles. The van der Waals surface area contributed by atoms with Gasteiger partial charge < -0.3 is 15.4 Å². The van der Waals surface area contributed by atoms with Crippen LogP contribution in [0, 0.1) is 0 Å². The zero-order valence-electron chi connectivity index (χ0n) is 8.52. The predicted octanol–water partition coefficient (Wildman–Crippen LogP) is -1.95. The molecular weight excluding hydrogens is 245 g/mol. The van der Waals surface area contributed by atoms with Gasteiger partial charge in [0.05, 0.1) is 4.78 Å². The maximum absolute atomic E-state index is 11.5. The number of hydrogen-bond acceptors (Lipinski definition) is 7. The monoisotopic (exact) mass is 253 g/mol. The molecule has 17 heavy (non-hydrogen) atoms. The molecule has 0 fully saturated rings. The average molecular weight is 253 g/mol. The van der Waals surface area contributed by atoms with Gasteiger partial charge in [0.1, 0.15) is 19.2 Å². The highest BCUT2D eigenvalue weighted by Gasteiger charge is 2.16. The van der Waals surface area contributed by atoms with Gasteiger partial charge in [0.15, 0.2) is 5.13 Å². The van der Waals surface area contributed by atoms with E-state index in [0.29, 0.717) is 5.13 Å². The Morgan fingerprint density at radius 3 is 3.00 bits per heavy atom. The maximum Gasteiger partial charge on any atom is 0.500 e. The van der Waals surface area contributed by atoms with E-state index in [1.165, 1.54) is 23.5 Å². The van der Waals surface area contributed by atoms with Crippen LogP contribution in [0.1, 0.15) is 0 Å². The molecule has 0 aliphatic heterocycles. The van der Waals surface area contributed by atoms with Crippen molar-refractivity contribution in [2.24, 2.45) is 0 Å². The van der Waals surface area contributed by atoms with E-state index >= 15 is 0 Å².